The van der Waals surface area contributed by atoms with Crippen LogP contribution in [0.1, 0.15) is 44.5 Å². The molecule has 0 amide bonds. The maximum Gasteiger partial charge on any atom is 0.345 e. The minimum Gasteiger partial charge on any atom is -0.276 e. The first-order valence-electron chi connectivity index (χ1n) is 8.38. The molecule has 0 bridgehead atoms. The van der Waals surface area contributed by atoms with Crippen LogP contribution in [0.5, 0.6) is 0 Å². The molecule has 0 radical (unpaired) electrons. The third kappa shape index (κ3) is 3.25. The average Bonchev–Trinajstić information content (AvgIpc) is 2.91. The van der Waals surface area contributed by atoms with Crippen LogP contribution < -0.4 is 5.69 Å². The lowest BCUT2D eigenvalue weighted by atomic mass is 9.98. The Morgan fingerprint density at radius 1 is 1.32 bits per heavy atom. The predicted molar refractivity (Wildman–Crippen MR) is 92.8 cm³/mol. The minimum absolute atomic E-state index is 0.0264. The molecule has 25 heavy (non-hydrogen) atoms. The van der Waals surface area contributed by atoms with E-state index in [2.05, 4.69) is 10.1 Å². The highest BCUT2D eigenvalue weighted by atomic mass is 32.2. The van der Waals surface area contributed by atoms with E-state index < -0.39 is 10.0 Å². The standard InChI is InChI=1S/C16H23N5O3S/c1-12(2)21-15(18-19(3)16(21)22)13-6-5-9-20(11-13)25(23,24)14-7-4-8-17-10-14/h4,7-8,10,12-13H,5-6,9,11H2,1-3H3. The van der Waals surface area contributed by atoms with Gasteiger partial charge in [0.2, 0.25) is 10.0 Å². The maximum absolute atomic E-state index is 12.8. The fraction of sp³-hybridized carbons (Fsp3) is 0.562. The predicted octanol–water partition coefficient (Wildman–Crippen LogP) is 1.13. The van der Waals surface area contributed by atoms with Crippen molar-refractivity contribution in [2.45, 2.75) is 43.5 Å². The Balaban J connectivity index is 1.93. The smallest absolute Gasteiger partial charge is 0.276 e. The van der Waals surface area contributed by atoms with E-state index in [9.17, 15) is 13.2 Å². The molecule has 2 aromatic rings. The molecule has 1 unspecified atom stereocenters. The van der Waals surface area contributed by atoms with Crippen molar-refractivity contribution in [3.05, 3.63) is 40.8 Å². The Morgan fingerprint density at radius 2 is 2.08 bits per heavy atom. The molecule has 0 N–H and O–H groups in total. The highest BCUT2D eigenvalue weighted by Crippen LogP contribution is 2.29. The molecule has 0 saturated carbocycles. The third-order valence-corrected chi connectivity index (χ3v) is 6.37. The number of hydrogen-bond acceptors (Lipinski definition) is 5. The molecule has 0 spiro atoms. The Kier molecular flexibility index (Phi) is 4.79. The van der Waals surface area contributed by atoms with Crippen LogP contribution in [0.3, 0.4) is 0 Å². The van der Waals surface area contributed by atoms with Gasteiger partial charge in [0.25, 0.3) is 0 Å². The second-order valence-electron chi connectivity index (χ2n) is 6.62. The summed E-state index contributed by atoms with van der Waals surface area (Å²) in [6.07, 6.45) is 4.45. The monoisotopic (exact) mass is 365 g/mol. The highest BCUT2D eigenvalue weighted by Gasteiger charge is 2.34. The van der Waals surface area contributed by atoms with Gasteiger partial charge in [-0.1, -0.05) is 0 Å². The van der Waals surface area contributed by atoms with E-state index in [4.69, 9.17) is 0 Å². The van der Waals surface area contributed by atoms with Crippen molar-refractivity contribution in [2.75, 3.05) is 13.1 Å². The molecule has 8 nitrogen and oxygen atoms in total. The zero-order chi connectivity index (χ0) is 18.2. The van der Waals surface area contributed by atoms with Crippen LogP contribution in [0.15, 0.2) is 34.2 Å². The summed E-state index contributed by atoms with van der Waals surface area (Å²) >= 11 is 0. The topological polar surface area (TPSA) is 90.1 Å². The summed E-state index contributed by atoms with van der Waals surface area (Å²) in [4.78, 5) is 16.4. The van der Waals surface area contributed by atoms with Crippen LogP contribution in [-0.2, 0) is 17.1 Å². The zero-order valence-electron chi connectivity index (χ0n) is 14.7. The lowest BCUT2D eigenvalue weighted by Crippen LogP contribution is -2.40. The number of sulfonamides is 1. The second-order valence-corrected chi connectivity index (χ2v) is 8.56. The van der Waals surface area contributed by atoms with Gasteiger partial charge in [-0.2, -0.15) is 9.40 Å². The highest BCUT2D eigenvalue weighted by molar-refractivity contribution is 7.89. The van der Waals surface area contributed by atoms with Gasteiger partial charge in [0.05, 0.1) is 0 Å². The van der Waals surface area contributed by atoms with Gasteiger partial charge >= 0.3 is 5.69 Å². The normalized spacial score (nSPS) is 19.4. The molecule has 0 aliphatic carbocycles. The summed E-state index contributed by atoms with van der Waals surface area (Å²) in [7, 11) is -1.97. The summed E-state index contributed by atoms with van der Waals surface area (Å²) in [5.74, 6) is 0.560. The summed E-state index contributed by atoms with van der Waals surface area (Å²) in [5, 5.41) is 4.38. The third-order valence-electron chi connectivity index (χ3n) is 4.52. The first-order chi connectivity index (χ1) is 11.8. The number of piperidine rings is 1. The molecule has 9 heteroatoms. The van der Waals surface area contributed by atoms with Crippen molar-refractivity contribution in [3.63, 3.8) is 0 Å². The van der Waals surface area contributed by atoms with Gasteiger partial charge in [-0.05, 0) is 38.8 Å². The van der Waals surface area contributed by atoms with Gasteiger partial charge in [-0.15, -0.1) is 0 Å². The van der Waals surface area contributed by atoms with E-state index in [0.29, 0.717) is 18.9 Å². The summed E-state index contributed by atoms with van der Waals surface area (Å²) in [6, 6.07) is 3.14. The van der Waals surface area contributed by atoms with Crippen LogP contribution in [0, 0.1) is 0 Å². The van der Waals surface area contributed by atoms with Crippen molar-refractivity contribution >= 4 is 10.0 Å². The molecular formula is C16H23N5O3S. The van der Waals surface area contributed by atoms with E-state index in [-0.39, 0.29) is 22.5 Å². The lowest BCUT2D eigenvalue weighted by Gasteiger charge is -2.31. The number of rotatable bonds is 4. The second kappa shape index (κ2) is 6.72. The van der Waals surface area contributed by atoms with E-state index in [1.54, 1.807) is 29.9 Å². The number of pyridine rings is 1. The van der Waals surface area contributed by atoms with E-state index in [1.165, 1.54) is 15.2 Å². The van der Waals surface area contributed by atoms with Crippen LogP contribution in [0.4, 0.5) is 0 Å². The molecule has 1 fully saturated rings. The van der Waals surface area contributed by atoms with Crippen LogP contribution in [-0.4, -0.2) is 45.1 Å². The quantitative estimate of drug-likeness (QED) is 0.810. The molecule has 1 aliphatic heterocycles. The average molecular weight is 365 g/mol. The molecule has 0 aromatic carbocycles. The Labute approximate surface area is 147 Å². The van der Waals surface area contributed by atoms with E-state index in [0.717, 1.165) is 12.8 Å². The lowest BCUT2D eigenvalue weighted by molar-refractivity contribution is 0.301. The molecule has 1 saturated heterocycles. The molecule has 1 aliphatic rings. The van der Waals surface area contributed by atoms with Crippen LogP contribution in [0.25, 0.3) is 0 Å². The van der Waals surface area contributed by atoms with Gasteiger partial charge in [-0.3, -0.25) is 9.55 Å². The Bertz CT molecular complexity index is 902. The van der Waals surface area contributed by atoms with E-state index >= 15 is 0 Å². The van der Waals surface area contributed by atoms with Crippen molar-refractivity contribution in [1.82, 2.24) is 23.6 Å². The molecule has 1 atom stereocenters. The van der Waals surface area contributed by atoms with Crippen LogP contribution in [0.2, 0.25) is 0 Å². The van der Waals surface area contributed by atoms with Crippen molar-refractivity contribution in [1.29, 1.82) is 0 Å². The number of hydrogen-bond donors (Lipinski definition) is 0. The van der Waals surface area contributed by atoms with Crippen molar-refractivity contribution in [2.24, 2.45) is 7.05 Å². The van der Waals surface area contributed by atoms with Crippen LogP contribution >= 0.6 is 0 Å². The largest absolute Gasteiger partial charge is 0.345 e. The van der Waals surface area contributed by atoms with Gasteiger partial charge < -0.3 is 0 Å². The first kappa shape index (κ1) is 17.8. The number of aryl methyl sites for hydroxylation is 1. The summed E-state index contributed by atoms with van der Waals surface area (Å²) in [5.41, 5.74) is -0.169. The number of aromatic nitrogens is 4. The van der Waals surface area contributed by atoms with Gasteiger partial charge in [0.15, 0.2) is 0 Å². The zero-order valence-corrected chi connectivity index (χ0v) is 15.5. The SMILES string of the molecule is CC(C)n1c(C2CCCN(S(=O)(=O)c3cccnc3)C2)nn(C)c1=O. The molecule has 136 valence electrons. The molecule has 3 rings (SSSR count). The molecule has 2 aromatic heterocycles. The molecule has 3 heterocycles. The van der Waals surface area contributed by atoms with Gasteiger partial charge in [-0.25, -0.2) is 17.9 Å². The first-order valence-corrected chi connectivity index (χ1v) is 9.82. The number of nitrogens with zero attached hydrogens (tertiary/aromatic N) is 5. The Morgan fingerprint density at radius 3 is 2.72 bits per heavy atom. The fourth-order valence-electron chi connectivity index (χ4n) is 3.28. The summed E-state index contributed by atoms with van der Waals surface area (Å²) < 4.78 is 30.1. The summed E-state index contributed by atoms with van der Waals surface area (Å²) in [6.45, 7) is 4.64. The van der Waals surface area contributed by atoms with Gasteiger partial charge in [0, 0.05) is 44.5 Å². The fourth-order valence-corrected chi connectivity index (χ4v) is 4.77. The Hall–Kier alpha value is -2.00. The van der Waals surface area contributed by atoms with Crippen molar-refractivity contribution < 1.29 is 8.42 Å². The van der Waals surface area contributed by atoms with Gasteiger partial charge in [0.1, 0.15) is 10.7 Å². The minimum atomic E-state index is -3.59. The van der Waals surface area contributed by atoms with Crippen molar-refractivity contribution in [3.8, 4) is 0 Å². The van der Waals surface area contributed by atoms with E-state index in [1.807, 2.05) is 13.8 Å². The molecular weight excluding hydrogens is 342 g/mol. The maximum atomic E-state index is 12.8.